The topological polar surface area (TPSA) is 109 Å². The molecule has 0 aliphatic carbocycles. The van der Waals surface area contributed by atoms with Crippen LogP contribution in [0.3, 0.4) is 0 Å². The highest BCUT2D eigenvalue weighted by atomic mass is 16.5. The van der Waals surface area contributed by atoms with Gasteiger partial charge in [-0.05, 0) is 44.0 Å². The summed E-state index contributed by atoms with van der Waals surface area (Å²) in [5, 5.41) is 2.79. The number of furan rings is 1. The SMILES string of the molecule is CC1CC(=O)Nc2ccccc2N1C(=O)COC(=O)[C@@H]1CCCN1C(=O)c1ccco1. The fourth-order valence-electron chi connectivity index (χ4n) is 4.06. The number of hydrogen-bond acceptors (Lipinski definition) is 6. The first-order valence-corrected chi connectivity index (χ1v) is 10.2. The largest absolute Gasteiger partial charge is 0.459 e. The minimum atomic E-state index is -0.762. The molecule has 3 heterocycles. The maximum absolute atomic E-state index is 13.0. The third-order valence-corrected chi connectivity index (χ3v) is 5.48. The molecule has 2 aromatic rings. The number of para-hydroxylation sites is 2. The molecule has 2 atom stereocenters. The number of esters is 1. The molecule has 9 heteroatoms. The number of rotatable bonds is 4. The number of fused-ring (bicyclic) bond motifs is 1. The van der Waals surface area contributed by atoms with Crippen molar-refractivity contribution in [1.29, 1.82) is 0 Å². The lowest BCUT2D eigenvalue weighted by molar-refractivity contribution is -0.151. The van der Waals surface area contributed by atoms with E-state index in [2.05, 4.69) is 5.32 Å². The van der Waals surface area contributed by atoms with E-state index in [0.717, 1.165) is 0 Å². The first-order chi connectivity index (χ1) is 15.0. The van der Waals surface area contributed by atoms with Crippen LogP contribution in [0.25, 0.3) is 0 Å². The Kier molecular flexibility index (Phi) is 5.75. The summed E-state index contributed by atoms with van der Waals surface area (Å²) >= 11 is 0. The van der Waals surface area contributed by atoms with Gasteiger partial charge in [0.15, 0.2) is 12.4 Å². The van der Waals surface area contributed by atoms with Crippen LogP contribution in [0.15, 0.2) is 47.1 Å². The Balaban J connectivity index is 1.44. The number of likely N-dealkylation sites (tertiary alicyclic amines) is 1. The summed E-state index contributed by atoms with van der Waals surface area (Å²) in [5.74, 6) is -1.48. The molecule has 9 nitrogen and oxygen atoms in total. The van der Waals surface area contributed by atoms with Crippen LogP contribution in [0.1, 0.15) is 36.7 Å². The van der Waals surface area contributed by atoms with Crippen molar-refractivity contribution in [2.45, 2.75) is 38.3 Å². The smallest absolute Gasteiger partial charge is 0.329 e. The van der Waals surface area contributed by atoms with Gasteiger partial charge >= 0.3 is 5.97 Å². The highest BCUT2D eigenvalue weighted by molar-refractivity contribution is 6.05. The molecule has 0 spiro atoms. The third-order valence-electron chi connectivity index (χ3n) is 5.48. The van der Waals surface area contributed by atoms with E-state index in [1.807, 2.05) is 0 Å². The highest BCUT2D eigenvalue weighted by Crippen LogP contribution is 2.31. The van der Waals surface area contributed by atoms with Crippen LogP contribution in [0, 0.1) is 0 Å². The number of nitrogens with zero attached hydrogens (tertiary/aromatic N) is 2. The Morgan fingerprint density at radius 3 is 2.77 bits per heavy atom. The number of hydrogen-bond donors (Lipinski definition) is 1. The van der Waals surface area contributed by atoms with Crippen molar-refractivity contribution in [3.05, 3.63) is 48.4 Å². The predicted octanol–water partition coefficient (Wildman–Crippen LogP) is 2.19. The van der Waals surface area contributed by atoms with E-state index in [4.69, 9.17) is 9.15 Å². The van der Waals surface area contributed by atoms with E-state index in [-0.39, 0.29) is 24.0 Å². The standard InChI is InChI=1S/C22H23N3O6/c1-14-12-19(26)23-15-6-2-3-7-16(15)25(14)20(27)13-31-22(29)17-8-4-10-24(17)21(28)18-9-5-11-30-18/h2-3,5-7,9,11,14,17H,4,8,10,12-13H2,1H3,(H,23,26)/t14?,17-/m0/s1. The lowest BCUT2D eigenvalue weighted by Gasteiger charge is -2.28. The minimum absolute atomic E-state index is 0.127. The first-order valence-electron chi connectivity index (χ1n) is 10.2. The maximum atomic E-state index is 13.0. The van der Waals surface area contributed by atoms with Crippen molar-refractivity contribution < 1.29 is 28.3 Å². The van der Waals surface area contributed by atoms with Crippen LogP contribution in [-0.4, -0.2) is 53.8 Å². The zero-order chi connectivity index (χ0) is 22.0. The van der Waals surface area contributed by atoms with Crippen LogP contribution in [0.4, 0.5) is 11.4 Å². The summed E-state index contributed by atoms with van der Waals surface area (Å²) in [6.45, 7) is 1.70. The normalized spacial score (nSPS) is 20.6. The van der Waals surface area contributed by atoms with E-state index in [1.165, 1.54) is 16.1 Å². The van der Waals surface area contributed by atoms with Gasteiger partial charge in [0.2, 0.25) is 5.91 Å². The molecule has 2 aliphatic rings. The molecule has 1 N–H and O–H groups in total. The lowest BCUT2D eigenvalue weighted by Crippen LogP contribution is -2.44. The van der Waals surface area contributed by atoms with Crippen LogP contribution in [0.2, 0.25) is 0 Å². The van der Waals surface area contributed by atoms with E-state index < -0.39 is 30.6 Å². The summed E-state index contributed by atoms with van der Waals surface area (Å²) in [6.07, 6.45) is 2.64. The number of carbonyl (C=O) groups is 4. The second-order valence-electron chi connectivity index (χ2n) is 7.62. The molecule has 0 bridgehead atoms. The van der Waals surface area contributed by atoms with Crippen LogP contribution < -0.4 is 10.2 Å². The monoisotopic (exact) mass is 425 g/mol. The van der Waals surface area contributed by atoms with Crippen LogP contribution in [0.5, 0.6) is 0 Å². The number of ether oxygens (including phenoxy) is 1. The minimum Gasteiger partial charge on any atom is -0.459 e. The molecule has 1 saturated heterocycles. The first kappa shape index (κ1) is 20.6. The van der Waals surface area contributed by atoms with Gasteiger partial charge in [0.25, 0.3) is 11.8 Å². The molecule has 162 valence electrons. The van der Waals surface area contributed by atoms with Crippen molar-refractivity contribution in [2.75, 3.05) is 23.4 Å². The predicted molar refractivity (Wildman–Crippen MR) is 110 cm³/mol. The molecule has 1 fully saturated rings. The summed E-state index contributed by atoms with van der Waals surface area (Å²) in [4.78, 5) is 53.2. The Labute approximate surface area is 178 Å². The fraction of sp³-hybridized carbons (Fsp3) is 0.364. The molecule has 1 aromatic heterocycles. The Hall–Kier alpha value is -3.62. The van der Waals surface area contributed by atoms with Gasteiger partial charge in [-0.15, -0.1) is 0 Å². The van der Waals surface area contributed by atoms with Gasteiger partial charge in [0, 0.05) is 19.0 Å². The van der Waals surface area contributed by atoms with Crippen molar-refractivity contribution >= 4 is 35.1 Å². The summed E-state index contributed by atoms with van der Waals surface area (Å²) in [6, 6.07) is 8.97. The summed E-state index contributed by atoms with van der Waals surface area (Å²) in [5.41, 5.74) is 1.08. The number of carbonyl (C=O) groups excluding carboxylic acids is 4. The molecule has 2 aliphatic heterocycles. The molecular formula is C22H23N3O6. The lowest BCUT2D eigenvalue weighted by atomic mass is 10.1. The average Bonchev–Trinajstić information content (AvgIpc) is 3.43. The van der Waals surface area contributed by atoms with Gasteiger partial charge in [-0.2, -0.15) is 0 Å². The zero-order valence-corrected chi connectivity index (χ0v) is 17.1. The van der Waals surface area contributed by atoms with Gasteiger partial charge in [0.05, 0.1) is 17.6 Å². The van der Waals surface area contributed by atoms with Crippen LogP contribution >= 0.6 is 0 Å². The highest BCUT2D eigenvalue weighted by Gasteiger charge is 2.37. The fourth-order valence-corrected chi connectivity index (χ4v) is 4.06. The third kappa shape index (κ3) is 4.16. The molecule has 1 unspecified atom stereocenters. The number of anilines is 2. The van der Waals surface area contributed by atoms with Gasteiger partial charge in [-0.25, -0.2) is 4.79 Å². The van der Waals surface area contributed by atoms with Crippen molar-refractivity contribution in [3.8, 4) is 0 Å². The zero-order valence-electron chi connectivity index (χ0n) is 17.1. The van der Waals surface area contributed by atoms with E-state index in [1.54, 1.807) is 43.3 Å². The molecule has 31 heavy (non-hydrogen) atoms. The molecule has 0 radical (unpaired) electrons. The Morgan fingerprint density at radius 1 is 1.19 bits per heavy atom. The quantitative estimate of drug-likeness (QED) is 0.752. The second kappa shape index (κ2) is 8.63. The number of amides is 3. The van der Waals surface area contributed by atoms with Crippen molar-refractivity contribution in [3.63, 3.8) is 0 Å². The molecule has 3 amide bonds. The Morgan fingerprint density at radius 2 is 2.00 bits per heavy atom. The average molecular weight is 425 g/mol. The van der Waals surface area contributed by atoms with Gasteiger partial charge < -0.3 is 24.3 Å². The maximum Gasteiger partial charge on any atom is 0.329 e. The van der Waals surface area contributed by atoms with E-state index >= 15 is 0 Å². The van der Waals surface area contributed by atoms with Gasteiger partial charge in [0.1, 0.15) is 6.04 Å². The van der Waals surface area contributed by atoms with Crippen molar-refractivity contribution in [1.82, 2.24) is 4.90 Å². The van der Waals surface area contributed by atoms with E-state index in [0.29, 0.717) is 30.8 Å². The molecular weight excluding hydrogens is 402 g/mol. The van der Waals surface area contributed by atoms with Crippen molar-refractivity contribution in [2.24, 2.45) is 0 Å². The second-order valence-corrected chi connectivity index (χ2v) is 7.62. The van der Waals surface area contributed by atoms with Gasteiger partial charge in [-0.1, -0.05) is 12.1 Å². The van der Waals surface area contributed by atoms with E-state index in [9.17, 15) is 19.2 Å². The summed E-state index contributed by atoms with van der Waals surface area (Å²) < 4.78 is 10.5. The molecule has 1 aromatic carbocycles. The summed E-state index contributed by atoms with van der Waals surface area (Å²) in [7, 11) is 0. The molecule has 0 saturated carbocycles. The number of nitrogens with one attached hydrogen (secondary N) is 1. The van der Waals surface area contributed by atoms with Gasteiger partial charge in [-0.3, -0.25) is 14.4 Å². The molecule has 4 rings (SSSR count). The Bertz CT molecular complexity index is 1000. The van der Waals surface area contributed by atoms with Crippen LogP contribution in [-0.2, 0) is 19.1 Å². The number of benzene rings is 1.